The minimum atomic E-state index is -0.756. The summed E-state index contributed by atoms with van der Waals surface area (Å²) in [6, 6.07) is 6.11. The van der Waals surface area contributed by atoms with E-state index in [-0.39, 0.29) is 24.6 Å². The lowest BCUT2D eigenvalue weighted by Crippen LogP contribution is -2.50. The van der Waals surface area contributed by atoms with Crippen LogP contribution in [0.1, 0.15) is 20.0 Å². The zero-order chi connectivity index (χ0) is 17.3. The molecule has 24 heavy (non-hydrogen) atoms. The summed E-state index contributed by atoms with van der Waals surface area (Å²) in [7, 11) is 0. The first-order valence-electron chi connectivity index (χ1n) is 7.24. The Hall–Kier alpha value is -1.99. The molecule has 0 spiro atoms. The fraction of sp³-hybridized carbons (Fsp3) is 0.250. The average Bonchev–Trinajstić information content (AvgIpc) is 3.02. The van der Waals surface area contributed by atoms with Crippen molar-refractivity contribution in [2.75, 3.05) is 26.2 Å². The summed E-state index contributed by atoms with van der Waals surface area (Å²) in [5.41, 5.74) is -0.292. The number of amides is 2. The molecular weight excluding hydrogens is 358 g/mol. The molecule has 8 heteroatoms. The van der Waals surface area contributed by atoms with E-state index >= 15 is 0 Å². The van der Waals surface area contributed by atoms with E-state index in [0.717, 1.165) is 18.2 Å². The van der Waals surface area contributed by atoms with Gasteiger partial charge in [-0.25, -0.2) is 8.78 Å². The second-order valence-electron chi connectivity index (χ2n) is 5.31. The van der Waals surface area contributed by atoms with E-state index in [1.54, 1.807) is 17.0 Å². The number of nitrogens with zero attached hydrogens (tertiary/aromatic N) is 2. The van der Waals surface area contributed by atoms with Gasteiger partial charge >= 0.3 is 0 Å². The van der Waals surface area contributed by atoms with Crippen LogP contribution in [0.3, 0.4) is 0 Å². The highest BCUT2D eigenvalue weighted by atomic mass is 35.5. The van der Waals surface area contributed by atoms with E-state index in [2.05, 4.69) is 0 Å². The summed E-state index contributed by atoms with van der Waals surface area (Å²) >= 11 is 7.03. The molecule has 2 amide bonds. The van der Waals surface area contributed by atoms with Crippen molar-refractivity contribution in [2.24, 2.45) is 0 Å². The van der Waals surface area contributed by atoms with Crippen molar-refractivity contribution in [1.82, 2.24) is 9.80 Å². The summed E-state index contributed by atoms with van der Waals surface area (Å²) in [6.45, 7) is 1.19. The zero-order valence-corrected chi connectivity index (χ0v) is 14.0. The molecule has 4 nitrogen and oxygen atoms in total. The Balaban J connectivity index is 1.65. The first-order chi connectivity index (χ1) is 11.5. The molecule has 1 aromatic carbocycles. The number of hydrogen-bond acceptors (Lipinski definition) is 3. The molecule has 0 radical (unpaired) electrons. The number of hydrogen-bond donors (Lipinski definition) is 0. The standard InChI is InChI=1S/C16H13ClF2N2O2S/c17-14-4-3-13(24-14)16(23)21-7-5-20(6-8-21)15(22)11-9-10(18)1-2-12(11)19/h1-4,9H,5-8H2. The molecule has 1 aliphatic rings. The summed E-state index contributed by atoms with van der Waals surface area (Å²) in [5.74, 6) is -2.13. The normalized spacial score (nSPS) is 14.8. The predicted octanol–water partition coefficient (Wildman–Crippen LogP) is 3.28. The van der Waals surface area contributed by atoms with Crippen molar-refractivity contribution < 1.29 is 18.4 Å². The molecule has 1 fully saturated rings. The Bertz CT molecular complexity index is 788. The van der Waals surface area contributed by atoms with Gasteiger partial charge in [-0.2, -0.15) is 0 Å². The topological polar surface area (TPSA) is 40.6 Å². The van der Waals surface area contributed by atoms with Gasteiger partial charge in [0.1, 0.15) is 11.6 Å². The van der Waals surface area contributed by atoms with E-state index in [0.29, 0.717) is 22.3 Å². The molecular formula is C16H13ClF2N2O2S. The highest BCUT2D eigenvalue weighted by molar-refractivity contribution is 7.17. The SMILES string of the molecule is O=C(c1ccc(Cl)s1)N1CCN(C(=O)c2cc(F)ccc2F)CC1. The van der Waals surface area contributed by atoms with Crippen LogP contribution in [0.25, 0.3) is 0 Å². The van der Waals surface area contributed by atoms with Gasteiger partial charge in [-0.1, -0.05) is 11.6 Å². The van der Waals surface area contributed by atoms with Gasteiger partial charge in [0.25, 0.3) is 11.8 Å². The first kappa shape index (κ1) is 16.9. The summed E-state index contributed by atoms with van der Waals surface area (Å²) < 4.78 is 27.5. The number of carbonyl (C=O) groups excluding carboxylic acids is 2. The van der Waals surface area contributed by atoms with Crippen molar-refractivity contribution in [3.63, 3.8) is 0 Å². The van der Waals surface area contributed by atoms with Crippen LogP contribution in [0.5, 0.6) is 0 Å². The number of benzene rings is 1. The van der Waals surface area contributed by atoms with Gasteiger partial charge in [-0.05, 0) is 30.3 Å². The molecule has 1 saturated heterocycles. The van der Waals surface area contributed by atoms with E-state index in [1.165, 1.54) is 16.2 Å². The van der Waals surface area contributed by atoms with Crippen molar-refractivity contribution >= 4 is 34.8 Å². The van der Waals surface area contributed by atoms with Crippen LogP contribution >= 0.6 is 22.9 Å². The Labute approximate surface area is 146 Å². The monoisotopic (exact) mass is 370 g/mol. The highest BCUT2D eigenvalue weighted by Crippen LogP contribution is 2.23. The number of piperazine rings is 1. The molecule has 0 aliphatic carbocycles. The quantitative estimate of drug-likeness (QED) is 0.814. The maximum atomic E-state index is 13.7. The predicted molar refractivity (Wildman–Crippen MR) is 87.5 cm³/mol. The van der Waals surface area contributed by atoms with E-state index in [1.807, 2.05) is 0 Å². The zero-order valence-electron chi connectivity index (χ0n) is 12.5. The summed E-state index contributed by atoms with van der Waals surface area (Å²) in [4.78, 5) is 28.2. The lowest BCUT2D eigenvalue weighted by Gasteiger charge is -2.34. The Kier molecular flexibility index (Phi) is 4.82. The minimum Gasteiger partial charge on any atom is -0.335 e. The molecule has 2 heterocycles. The van der Waals surface area contributed by atoms with Gasteiger partial charge < -0.3 is 9.80 Å². The largest absolute Gasteiger partial charge is 0.335 e. The molecule has 0 unspecified atom stereocenters. The van der Waals surface area contributed by atoms with Crippen molar-refractivity contribution in [1.29, 1.82) is 0 Å². The fourth-order valence-electron chi connectivity index (χ4n) is 2.53. The first-order valence-corrected chi connectivity index (χ1v) is 8.44. The van der Waals surface area contributed by atoms with Crippen LogP contribution in [0.2, 0.25) is 4.34 Å². The smallest absolute Gasteiger partial charge is 0.264 e. The lowest BCUT2D eigenvalue weighted by molar-refractivity contribution is 0.0535. The van der Waals surface area contributed by atoms with E-state index < -0.39 is 17.5 Å². The maximum Gasteiger partial charge on any atom is 0.264 e. The van der Waals surface area contributed by atoms with Crippen LogP contribution < -0.4 is 0 Å². The number of carbonyl (C=O) groups is 2. The van der Waals surface area contributed by atoms with Crippen molar-refractivity contribution in [3.05, 3.63) is 56.7 Å². The Morgan fingerprint density at radius 1 is 0.958 bits per heavy atom. The van der Waals surface area contributed by atoms with Crippen molar-refractivity contribution in [3.8, 4) is 0 Å². The van der Waals surface area contributed by atoms with Gasteiger partial charge in [0.05, 0.1) is 14.8 Å². The molecule has 0 saturated carbocycles. The van der Waals surface area contributed by atoms with E-state index in [9.17, 15) is 18.4 Å². The lowest BCUT2D eigenvalue weighted by atomic mass is 10.1. The van der Waals surface area contributed by atoms with Crippen molar-refractivity contribution in [2.45, 2.75) is 0 Å². The molecule has 2 aromatic rings. The molecule has 1 aromatic heterocycles. The van der Waals surface area contributed by atoms with E-state index in [4.69, 9.17) is 11.6 Å². The van der Waals surface area contributed by atoms with Crippen LogP contribution in [0.15, 0.2) is 30.3 Å². The third kappa shape index (κ3) is 3.42. The third-order valence-electron chi connectivity index (χ3n) is 3.80. The molecule has 3 rings (SSSR count). The highest BCUT2D eigenvalue weighted by Gasteiger charge is 2.27. The van der Waals surface area contributed by atoms with Gasteiger partial charge in [-0.15, -0.1) is 11.3 Å². The second-order valence-corrected chi connectivity index (χ2v) is 7.03. The van der Waals surface area contributed by atoms with Gasteiger partial charge in [0.2, 0.25) is 0 Å². The fourth-order valence-corrected chi connectivity index (χ4v) is 3.54. The van der Waals surface area contributed by atoms with Crippen LogP contribution in [-0.4, -0.2) is 47.8 Å². The molecule has 1 aliphatic heterocycles. The number of halogens is 3. The maximum absolute atomic E-state index is 13.7. The number of thiophene rings is 1. The van der Waals surface area contributed by atoms with Crippen LogP contribution in [-0.2, 0) is 0 Å². The Morgan fingerprint density at radius 3 is 2.17 bits per heavy atom. The minimum absolute atomic E-state index is 0.143. The number of rotatable bonds is 2. The molecule has 0 N–H and O–H groups in total. The van der Waals surface area contributed by atoms with Gasteiger partial charge in [0.15, 0.2) is 0 Å². The van der Waals surface area contributed by atoms with Crippen LogP contribution in [0.4, 0.5) is 8.78 Å². The third-order valence-corrected chi connectivity index (χ3v) is 5.02. The van der Waals surface area contributed by atoms with Gasteiger partial charge in [0, 0.05) is 26.2 Å². The molecule has 0 atom stereocenters. The summed E-state index contributed by atoms with van der Waals surface area (Å²) in [6.07, 6.45) is 0. The Morgan fingerprint density at radius 2 is 1.58 bits per heavy atom. The molecule has 0 bridgehead atoms. The second kappa shape index (κ2) is 6.86. The van der Waals surface area contributed by atoms with Crippen LogP contribution in [0, 0.1) is 11.6 Å². The average molecular weight is 371 g/mol. The van der Waals surface area contributed by atoms with Gasteiger partial charge in [-0.3, -0.25) is 9.59 Å². The summed E-state index contributed by atoms with van der Waals surface area (Å²) in [5, 5.41) is 0. The molecule has 126 valence electrons.